The fraction of sp³-hybridized carbons (Fsp3) is 0.435. The van der Waals surface area contributed by atoms with E-state index in [4.69, 9.17) is 14.2 Å². The van der Waals surface area contributed by atoms with E-state index in [0.29, 0.717) is 12.5 Å². The molecular formula is C46H56N4O6. The number of benzene rings is 4. The first-order chi connectivity index (χ1) is 27.4. The van der Waals surface area contributed by atoms with E-state index in [1.807, 2.05) is 66.7 Å². The lowest BCUT2D eigenvalue weighted by Crippen LogP contribution is -2.48. The summed E-state index contributed by atoms with van der Waals surface area (Å²) < 4.78 is 18.7. The number of nitrogens with one attached hydrogen (secondary N) is 2. The van der Waals surface area contributed by atoms with Gasteiger partial charge in [-0.15, -0.1) is 0 Å². The summed E-state index contributed by atoms with van der Waals surface area (Å²) in [5, 5.41) is 15.4. The van der Waals surface area contributed by atoms with Gasteiger partial charge in [0.05, 0.1) is 25.9 Å². The van der Waals surface area contributed by atoms with E-state index in [2.05, 4.69) is 63.8 Å². The number of aliphatic hydroxyl groups is 1. The molecule has 0 bridgehead atoms. The highest BCUT2D eigenvalue weighted by atomic mass is 16.7. The molecule has 296 valence electrons. The van der Waals surface area contributed by atoms with Gasteiger partial charge in [0.15, 0.2) is 6.29 Å². The summed E-state index contributed by atoms with van der Waals surface area (Å²) in [6, 6.07) is 33.2. The van der Waals surface area contributed by atoms with Gasteiger partial charge < -0.3 is 34.9 Å². The summed E-state index contributed by atoms with van der Waals surface area (Å²) in [5.74, 6) is -0.378. The second kappa shape index (κ2) is 19.0. The number of aliphatic hydroxyl groups excluding tert-OH is 1. The average Bonchev–Trinajstić information content (AvgIpc) is 3.93. The number of ether oxygens (including phenoxy) is 3. The molecule has 4 aromatic rings. The lowest BCUT2D eigenvalue weighted by molar-refractivity contribution is -0.276. The van der Waals surface area contributed by atoms with Crippen molar-refractivity contribution in [3.63, 3.8) is 0 Å². The molecule has 0 spiro atoms. The first kappa shape index (κ1) is 39.6. The second-order valence-electron chi connectivity index (χ2n) is 15.5. The van der Waals surface area contributed by atoms with Crippen LogP contribution in [0.5, 0.6) is 0 Å². The Morgan fingerprint density at radius 2 is 1.54 bits per heavy atom. The lowest BCUT2D eigenvalue weighted by Gasteiger charge is -2.43. The Kier molecular flexibility index (Phi) is 13.5. The molecule has 7 rings (SSSR count). The molecule has 56 heavy (non-hydrogen) atoms. The van der Waals surface area contributed by atoms with E-state index in [1.54, 1.807) is 0 Å². The molecule has 10 nitrogen and oxygen atoms in total. The van der Waals surface area contributed by atoms with Gasteiger partial charge in [-0.25, -0.2) is 9.59 Å². The molecule has 3 N–H and O–H groups in total. The van der Waals surface area contributed by atoms with Crippen molar-refractivity contribution in [1.82, 2.24) is 20.4 Å². The summed E-state index contributed by atoms with van der Waals surface area (Å²) in [6.45, 7) is 8.03. The largest absolute Gasteiger partial charge is 0.467 e. The van der Waals surface area contributed by atoms with Gasteiger partial charge in [-0.3, -0.25) is 4.90 Å². The highest BCUT2D eigenvalue weighted by Gasteiger charge is 2.41. The Hall–Kier alpha value is -4.58. The Morgan fingerprint density at radius 3 is 2.27 bits per heavy atom. The first-order valence-electron chi connectivity index (χ1n) is 20.2. The standard InChI is InChI=1S/C46H56N4O6/c1-32-42(30-50-26-10-14-39(50)29-49-24-8-9-25-49)55-45(56-43(32)36-18-16-34(31-51)17-19-36)37-22-20-35(21-23-37)40-15-7-6-13-38(40)28-47-46(53)48-41(44(52)54-2)27-33-11-4-3-5-12-33/h3-7,11-13,15-23,32,39,41-43,45,51H,8-10,14,24-31H2,1-2H3,(H2,47,48,53)/t32-,39-,41-,42+,43+,45+/m0/s1. The number of carbonyl (C=O) groups is 2. The highest BCUT2D eigenvalue weighted by molar-refractivity contribution is 5.84. The van der Waals surface area contributed by atoms with E-state index in [9.17, 15) is 14.7 Å². The summed E-state index contributed by atoms with van der Waals surface area (Å²) in [5.41, 5.74) is 6.76. The summed E-state index contributed by atoms with van der Waals surface area (Å²) in [7, 11) is 1.32. The van der Waals surface area contributed by atoms with Gasteiger partial charge in [0, 0.05) is 43.6 Å². The number of carbonyl (C=O) groups excluding carboxylic acids is 2. The van der Waals surface area contributed by atoms with Gasteiger partial charge in [0.1, 0.15) is 6.04 Å². The maximum atomic E-state index is 13.0. The maximum absolute atomic E-state index is 13.0. The van der Waals surface area contributed by atoms with Crippen LogP contribution >= 0.6 is 0 Å². The number of rotatable bonds is 14. The quantitative estimate of drug-likeness (QED) is 0.121. The van der Waals surface area contributed by atoms with Crippen LogP contribution in [0.1, 0.15) is 72.8 Å². The molecular weight excluding hydrogens is 705 g/mol. The fourth-order valence-electron chi connectivity index (χ4n) is 8.51. The third-order valence-corrected chi connectivity index (χ3v) is 11.7. The number of methoxy groups -OCH3 is 1. The van der Waals surface area contributed by atoms with Crippen LogP contribution in [0.3, 0.4) is 0 Å². The monoisotopic (exact) mass is 760 g/mol. The van der Waals surface area contributed by atoms with Crippen molar-refractivity contribution in [3.05, 3.63) is 131 Å². The molecule has 3 aliphatic rings. The molecule has 2 amide bonds. The first-order valence-corrected chi connectivity index (χ1v) is 20.2. The molecule has 3 heterocycles. The van der Waals surface area contributed by atoms with E-state index < -0.39 is 24.3 Å². The Labute approximate surface area is 331 Å². The molecule has 0 aromatic heterocycles. The van der Waals surface area contributed by atoms with Crippen LogP contribution in [0.2, 0.25) is 0 Å². The minimum absolute atomic E-state index is 0.00639. The molecule has 0 saturated carbocycles. The summed E-state index contributed by atoms with van der Waals surface area (Å²) >= 11 is 0. The zero-order valence-electron chi connectivity index (χ0n) is 32.6. The van der Waals surface area contributed by atoms with Gasteiger partial charge in [-0.2, -0.15) is 0 Å². The normalized spacial score (nSPS) is 23.4. The van der Waals surface area contributed by atoms with E-state index >= 15 is 0 Å². The van der Waals surface area contributed by atoms with Crippen LogP contribution in [-0.4, -0.2) is 84.9 Å². The number of nitrogens with zero attached hydrogens (tertiary/aromatic N) is 2. The Morgan fingerprint density at radius 1 is 0.821 bits per heavy atom. The predicted molar refractivity (Wildman–Crippen MR) is 216 cm³/mol. The summed E-state index contributed by atoms with van der Waals surface area (Å²) in [4.78, 5) is 30.8. The Bertz CT molecular complexity index is 1870. The average molecular weight is 761 g/mol. The van der Waals surface area contributed by atoms with E-state index in [-0.39, 0.29) is 31.3 Å². The highest BCUT2D eigenvalue weighted by Crippen LogP contribution is 2.43. The van der Waals surface area contributed by atoms with Gasteiger partial charge in [-0.05, 0) is 78.7 Å². The zero-order valence-corrected chi connectivity index (χ0v) is 32.6. The van der Waals surface area contributed by atoms with Gasteiger partial charge in [-0.1, -0.05) is 110 Å². The minimum atomic E-state index is -0.816. The van der Waals surface area contributed by atoms with Crippen molar-refractivity contribution in [1.29, 1.82) is 0 Å². The molecule has 0 radical (unpaired) electrons. The van der Waals surface area contributed by atoms with Crippen molar-refractivity contribution in [2.75, 3.05) is 39.8 Å². The number of hydrogen-bond donors (Lipinski definition) is 3. The van der Waals surface area contributed by atoms with Gasteiger partial charge in [0.2, 0.25) is 0 Å². The molecule has 0 aliphatic carbocycles. The Balaban J connectivity index is 1.05. The molecule has 6 atom stereocenters. The summed E-state index contributed by atoms with van der Waals surface area (Å²) in [6.07, 6.45) is 4.63. The van der Waals surface area contributed by atoms with Crippen LogP contribution in [0.25, 0.3) is 11.1 Å². The van der Waals surface area contributed by atoms with Crippen LogP contribution in [0, 0.1) is 5.92 Å². The molecule has 4 aromatic carbocycles. The molecule has 0 unspecified atom stereocenters. The van der Waals surface area contributed by atoms with Crippen molar-refractivity contribution < 1.29 is 28.9 Å². The topological polar surface area (TPSA) is 113 Å². The van der Waals surface area contributed by atoms with Gasteiger partial charge in [0.25, 0.3) is 0 Å². The number of urea groups is 1. The van der Waals surface area contributed by atoms with Crippen LogP contribution < -0.4 is 10.6 Å². The smallest absolute Gasteiger partial charge is 0.328 e. The molecule has 3 fully saturated rings. The third-order valence-electron chi connectivity index (χ3n) is 11.7. The predicted octanol–water partition coefficient (Wildman–Crippen LogP) is 6.78. The zero-order chi connectivity index (χ0) is 38.9. The number of amides is 2. The number of likely N-dealkylation sites (tertiary alicyclic amines) is 2. The molecule has 3 saturated heterocycles. The lowest BCUT2D eigenvalue weighted by atomic mass is 9.89. The number of hydrogen-bond acceptors (Lipinski definition) is 8. The van der Waals surface area contributed by atoms with Crippen molar-refractivity contribution in [2.45, 2.75) is 82.8 Å². The maximum Gasteiger partial charge on any atom is 0.328 e. The van der Waals surface area contributed by atoms with Gasteiger partial charge >= 0.3 is 12.0 Å². The van der Waals surface area contributed by atoms with Crippen LogP contribution in [0.4, 0.5) is 4.79 Å². The molecule has 10 heteroatoms. The van der Waals surface area contributed by atoms with Crippen molar-refractivity contribution in [3.8, 4) is 11.1 Å². The van der Waals surface area contributed by atoms with Crippen LogP contribution in [-0.2, 0) is 38.6 Å². The fourth-order valence-corrected chi connectivity index (χ4v) is 8.51. The van der Waals surface area contributed by atoms with Crippen molar-refractivity contribution in [2.24, 2.45) is 5.92 Å². The van der Waals surface area contributed by atoms with Crippen molar-refractivity contribution >= 4 is 12.0 Å². The second-order valence-corrected chi connectivity index (χ2v) is 15.5. The minimum Gasteiger partial charge on any atom is -0.467 e. The SMILES string of the molecule is COC(=O)[C@H](Cc1ccccc1)NC(=O)NCc1ccccc1-c1ccc([C@@H]2O[C@H](CN3CCC[C@H]3CN3CCCC3)[C@H](C)[C@H](c3ccc(CO)cc3)O2)cc1. The van der Waals surface area contributed by atoms with E-state index in [0.717, 1.165) is 58.6 Å². The molecule has 3 aliphatic heterocycles. The number of esters is 1. The third kappa shape index (κ3) is 9.86. The van der Waals surface area contributed by atoms with E-state index in [1.165, 1.54) is 45.9 Å². The van der Waals surface area contributed by atoms with Crippen LogP contribution in [0.15, 0.2) is 103 Å².